The van der Waals surface area contributed by atoms with Crippen molar-refractivity contribution in [1.82, 2.24) is 4.90 Å². The summed E-state index contributed by atoms with van der Waals surface area (Å²) in [4.78, 5) is 28.8. The van der Waals surface area contributed by atoms with Crippen LogP contribution in [0.25, 0.3) is 0 Å². The number of rotatable bonds is 5. The van der Waals surface area contributed by atoms with Gasteiger partial charge in [-0.15, -0.1) is 0 Å². The molecule has 2 amide bonds. The van der Waals surface area contributed by atoms with Crippen molar-refractivity contribution in [3.63, 3.8) is 0 Å². The van der Waals surface area contributed by atoms with E-state index in [2.05, 4.69) is 0 Å². The summed E-state index contributed by atoms with van der Waals surface area (Å²) in [7, 11) is 3.35. The minimum atomic E-state index is -0.365. The maximum absolute atomic E-state index is 13.0. The molecule has 1 saturated heterocycles. The molecule has 2 heterocycles. The molecule has 7 heteroatoms. The van der Waals surface area contributed by atoms with Crippen LogP contribution in [0.1, 0.15) is 12.0 Å². The average molecular weight is 396 g/mol. The van der Waals surface area contributed by atoms with E-state index < -0.39 is 0 Å². The number of carbonyl (C=O) groups excluding carboxylic acids is 2. The van der Waals surface area contributed by atoms with E-state index in [1.165, 1.54) is 0 Å². The molecule has 2 aromatic rings. The Hall–Kier alpha value is -3.22. The maximum atomic E-state index is 13.0. The Morgan fingerprint density at radius 3 is 2.76 bits per heavy atom. The number of amides is 2. The van der Waals surface area contributed by atoms with Gasteiger partial charge in [-0.25, -0.2) is 0 Å². The van der Waals surface area contributed by atoms with Crippen molar-refractivity contribution < 1.29 is 23.8 Å². The second-order valence-electron chi connectivity index (χ2n) is 7.28. The number of methoxy groups -OCH3 is 1. The molecule has 7 nitrogen and oxygen atoms in total. The Morgan fingerprint density at radius 1 is 1.17 bits per heavy atom. The summed E-state index contributed by atoms with van der Waals surface area (Å²) in [5.74, 6) is 1.65. The van der Waals surface area contributed by atoms with Gasteiger partial charge in [-0.2, -0.15) is 0 Å². The molecule has 2 aliphatic rings. The molecule has 1 fully saturated rings. The number of ether oxygens (including phenoxy) is 3. The van der Waals surface area contributed by atoms with Gasteiger partial charge in [0.1, 0.15) is 19.0 Å². The lowest BCUT2D eigenvalue weighted by molar-refractivity contribution is -0.135. The fourth-order valence-corrected chi connectivity index (χ4v) is 3.75. The minimum Gasteiger partial charge on any atom is -0.497 e. The normalized spacial score (nSPS) is 17.9. The summed E-state index contributed by atoms with van der Waals surface area (Å²) in [6, 6.07) is 13.0. The zero-order valence-corrected chi connectivity index (χ0v) is 16.6. The molecular weight excluding hydrogens is 372 g/mol. The van der Waals surface area contributed by atoms with Crippen LogP contribution in [-0.2, 0) is 16.1 Å². The lowest BCUT2D eigenvalue weighted by Gasteiger charge is -2.23. The SMILES string of the molecule is COc1cccc(N2CC(C(=O)N(C)Cc3ccc4c(c3)OCCO4)CC2=O)c1. The molecule has 0 aliphatic carbocycles. The van der Waals surface area contributed by atoms with Gasteiger partial charge in [0.15, 0.2) is 11.5 Å². The Bertz CT molecular complexity index is 929. The molecule has 2 aromatic carbocycles. The largest absolute Gasteiger partial charge is 0.497 e. The van der Waals surface area contributed by atoms with E-state index in [0.717, 1.165) is 17.0 Å². The predicted molar refractivity (Wildman–Crippen MR) is 107 cm³/mol. The molecule has 0 aromatic heterocycles. The number of fused-ring (bicyclic) bond motifs is 1. The van der Waals surface area contributed by atoms with Crippen molar-refractivity contribution in [2.24, 2.45) is 5.92 Å². The Morgan fingerprint density at radius 2 is 1.97 bits per heavy atom. The Kier molecular flexibility index (Phi) is 5.29. The van der Waals surface area contributed by atoms with E-state index in [-0.39, 0.29) is 24.2 Å². The Balaban J connectivity index is 1.42. The molecule has 0 saturated carbocycles. The number of hydrogen-bond donors (Lipinski definition) is 0. The molecule has 2 aliphatic heterocycles. The number of carbonyl (C=O) groups is 2. The monoisotopic (exact) mass is 396 g/mol. The summed E-state index contributed by atoms with van der Waals surface area (Å²) in [5.41, 5.74) is 1.71. The molecule has 152 valence electrons. The van der Waals surface area contributed by atoms with Crippen LogP contribution < -0.4 is 19.1 Å². The summed E-state index contributed by atoms with van der Waals surface area (Å²) in [6.45, 7) is 1.88. The highest BCUT2D eigenvalue weighted by atomic mass is 16.6. The van der Waals surface area contributed by atoms with Crippen LogP contribution in [0.15, 0.2) is 42.5 Å². The topological polar surface area (TPSA) is 68.3 Å². The highest BCUT2D eigenvalue weighted by Crippen LogP contribution is 2.32. The highest BCUT2D eigenvalue weighted by molar-refractivity contribution is 6.00. The average Bonchev–Trinajstić information content (AvgIpc) is 3.14. The third-order valence-electron chi connectivity index (χ3n) is 5.24. The summed E-state index contributed by atoms with van der Waals surface area (Å²) >= 11 is 0. The van der Waals surface area contributed by atoms with Crippen LogP contribution >= 0.6 is 0 Å². The summed E-state index contributed by atoms with van der Waals surface area (Å²) < 4.78 is 16.4. The third-order valence-corrected chi connectivity index (χ3v) is 5.24. The second-order valence-corrected chi connectivity index (χ2v) is 7.28. The van der Waals surface area contributed by atoms with Crippen molar-refractivity contribution >= 4 is 17.5 Å². The van der Waals surface area contributed by atoms with E-state index >= 15 is 0 Å². The standard InChI is InChI=1S/C22H24N2O5/c1-23(13-15-6-7-19-20(10-15)29-9-8-28-19)22(26)16-11-21(25)24(14-16)17-4-3-5-18(12-17)27-2/h3-7,10,12,16H,8-9,11,13-14H2,1-2H3. The van der Waals surface area contributed by atoms with Gasteiger partial charge in [0.25, 0.3) is 0 Å². The van der Waals surface area contributed by atoms with Crippen molar-refractivity contribution in [3.8, 4) is 17.2 Å². The van der Waals surface area contributed by atoms with Gasteiger partial charge in [0.05, 0.1) is 13.0 Å². The van der Waals surface area contributed by atoms with Crippen LogP contribution in [0.2, 0.25) is 0 Å². The molecule has 0 radical (unpaired) electrons. The van der Waals surface area contributed by atoms with Crippen LogP contribution in [0.5, 0.6) is 17.2 Å². The first-order valence-corrected chi connectivity index (χ1v) is 9.63. The molecule has 0 spiro atoms. The van der Waals surface area contributed by atoms with Crippen molar-refractivity contribution in [1.29, 1.82) is 0 Å². The first kappa shape index (κ1) is 19.1. The smallest absolute Gasteiger partial charge is 0.228 e. The lowest BCUT2D eigenvalue weighted by atomic mass is 10.1. The minimum absolute atomic E-state index is 0.0429. The fraction of sp³-hybridized carbons (Fsp3) is 0.364. The maximum Gasteiger partial charge on any atom is 0.228 e. The third kappa shape index (κ3) is 3.99. The van der Waals surface area contributed by atoms with Crippen LogP contribution in [0, 0.1) is 5.92 Å². The second kappa shape index (κ2) is 8.03. The fourth-order valence-electron chi connectivity index (χ4n) is 3.75. The van der Waals surface area contributed by atoms with E-state index in [1.54, 1.807) is 24.0 Å². The van der Waals surface area contributed by atoms with E-state index in [4.69, 9.17) is 14.2 Å². The van der Waals surface area contributed by atoms with Gasteiger partial charge in [-0.05, 0) is 29.8 Å². The summed E-state index contributed by atoms with van der Waals surface area (Å²) in [6.07, 6.45) is 0.210. The highest BCUT2D eigenvalue weighted by Gasteiger charge is 2.36. The Labute approximate surface area is 169 Å². The molecule has 1 unspecified atom stereocenters. The van der Waals surface area contributed by atoms with Gasteiger partial charge in [0, 0.05) is 38.3 Å². The van der Waals surface area contributed by atoms with Crippen molar-refractivity contribution in [2.45, 2.75) is 13.0 Å². The quantitative estimate of drug-likeness (QED) is 0.777. The van der Waals surface area contributed by atoms with E-state index in [9.17, 15) is 9.59 Å². The lowest BCUT2D eigenvalue weighted by Crippen LogP contribution is -2.34. The first-order chi connectivity index (χ1) is 14.0. The zero-order valence-electron chi connectivity index (χ0n) is 16.6. The molecule has 0 bridgehead atoms. The number of nitrogens with zero attached hydrogens (tertiary/aromatic N) is 2. The molecule has 4 rings (SSSR count). The van der Waals surface area contributed by atoms with Crippen LogP contribution in [-0.4, -0.2) is 50.6 Å². The van der Waals surface area contributed by atoms with Gasteiger partial charge >= 0.3 is 0 Å². The molecule has 29 heavy (non-hydrogen) atoms. The van der Waals surface area contributed by atoms with E-state index in [0.29, 0.717) is 37.8 Å². The summed E-state index contributed by atoms with van der Waals surface area (Å²) in [5, 5.41) is 0. The predicted octanol–water partition coefficient (Wildman–Crippen LogP) is 2.48. The van der Waals surface area contributed by atoms with Gasteiger partial charge in [0.2, 0.25) is 11.8 Å². The van der Waals surface area contributed by atoms with Crippen molar-refractivity contribution in [3.05, 3.63) is 48.0 Å². The van der Waals surface area contributed by atoms with Gasteiger partial charge in [-0.3, -0.25) is 9.59 Å². The van der Waals surface area contributed by atoms with E-state index in [1.807, 2.05) is 42.5 Å². The molecule has 0 N–H and O–H groups in total. The van der Waals surface area contributed by atoms with Gasteiger partial charge < -0.3 is 24.0 Å². The number of hydrogen-bond acceptors (Lipinski definition) is 5. The molecular formula is C22H24N2O5. The molecule has 1 atom stereocenters. The van der Waals surface area contributed by atoms with Crippen LogP contribution in [0.4, 0.5) is 5.69 Å². The number of anilines is 1. The van der Waals surface area contributed by atoms with Crippen molar-refractivity contribution in [2.75, 3.05) is 38.8 Å². The zero-order chi connectivity index (χ0) is 20.4. The number of benzene rings is 2. The first-order valence-electron chi connectivity index (χ1n) is 9.63. The van der Waals surface area contributed by atoms with Crippen LogP contribution in [0.3, 0.4) is 0 Å². The van der Waals surface area contributed by atoms with Gasteiger partial charge in [-0.1, -0.05) is 12.1 Å².